The Morgan fingerprint density at radius 1 is 1.00 bits per heavy atom. The van der Waals surface area contributed by atoms with E-state index in [4.69, 9.17) is 10.5 Å². The van der Waals surface area contributed by atoms with Gasteiger partial charge in [-0.3, -0.25) is 0 Å². The zero-order chi connectivity index (χ0) is 8.16. The first-order valence-electron chi connectivity index (χ1n) is 3.22. The quantitative estimate of drug-likeness (QED) is 0.351. The highest BCUT2D eigenvalue weighted by molar-refractivity contribution is 4.67. The second-order valence-electron chi connectivity index (χ2n) is 2.24. The van der Waals surface area contributed by atoms with Gasteiger partial charge >= 0.3 is 0 Å². The fraction of sp³-hybridized carbons (Fsp3) is 1.00. The van der Waals surface area contributed by atoms with Crippen LogP contribution in [0.1, 0.15) is 12.8 Å². The molecule has 0 atom stereocenters. The fourth-order valence-corrected chi connectivity index (χ4v) is 0.836. The molecule has 0 bridgehead atoms. The Morgan fingerprint density at radius 2 is 1.45 bits per heavy atom. The number of hydrogen-bond acceptors (Lipinski definition) is 6. The van der Waals surface area contributed by atoms with Crippen LogP contribution in [0.5, 0.6) is 0 Å². The highest BCUT2D eigenvalue weighted by atomic mass is 17.2. The van der Waals surface area contributed by atoms with Gasteiger partial charge in [-0.2, -0.15) is 0 Å². The highest BCUT2D eigenvalue weighted by Gasteiger charge is 2.35. The van der Waals surface area contributed by atoms with Gasteiger partial charge in [0, 0.05) is 12.8 Å². The molecule has 1 aliphatic rings. The Kier molecular flexibility index (Phi) is 3.18. The molecular weight excluding hydrogens is 156 g/mol. The summed E-state index contributed by atoms with van der Waals surface area (Å²) in [5, 5.41) is 16.7. The van der Waals surface area contributed by atoms with Crippen LogP contribution in [-0.4, -0.2) is 29.5 Å². The first-order valence-corrected chi connectivity index (χ1v) is 3.22. The molecule has 0 aromatic carbocycles. The molecule has 0 radical (unpaired) electrons. The van der Waals surface area contributed by atoms with Crippen molar-refractivity contribution in [2.24, 2.45) is 0 Å². The molecule has 0 aromatic heterocycles. The summed E-state index contributed by atoms with van der Waals surface area (Å²) in [7, 11) is 0. The monoisotopic (exact) mass is 166 g/mol. The van der Waals surface area contributed by atoms with E-state index >= 15 is 0 Å². The van der Waals surface area contributed by atoms with Crippen LogP contribution in [0.15, 0.2) is 0 Å². The molecule has 1 rings (SSSR count). The predicted molar refractivity (Wildman–Crippen MR) is 31.3 cm³/mol. The van der Waals surface area contributed by atoms with Gasteiger partial charge in [0.05, 0.1) is 13.2 Å². The van der Waals surface area contributed by atoms with Crippen LogP contribution in [0.25, 0.3) is 0 Å². The maximum atomic E-state index is 8.37. The topological polar surface area (TPSA) is 77.4 Å². The molecule has 1 aliphatic heterocycles. The molecular formula is C5H10O6. The van der Waals surface area contributed by atoms with Crippen molar-refractivity contribution in [1.82, 2.24) is 0 Å². The first-order chi connectivity index (χ1) is 5.33. The van der Waals surface area contributed by atoms with Gasteiger partial charge < -0.3 is 0 Å². The van der Waals surface area contributed by atoms with Gasteiger partial charge in [-0.15, -0.1) is 0 Å². The van der Waals surface area contributed by atoms with Crippen molar-refractivity contribution in [2.75, 3.05) is 13.2 Å². The van der Waals surface area contributed by atoms with E-state index < -0.39 is 5.79 Å². The zero-order valence-corrected chi connectivity index (χ0v) is 5.86. The Bertz CT molecular complexity index is 102. The van der Waals surface area contributed by atoms with E-state index in [2.05, 4.69) is 19.6 Å². The Hall–Kier alpha value is -0.240. The normalized spacial score (nSPS) is 24.5. The standard InChI is InChI=1S/C5H10O6/c6-10-5(11-7)1-3-8-9-4-2-5/h6-7H,1-4H2. The first kappa shape index (κ1) is 8.85. The molecule has 0 amide bonds. The molecule has 0 aromatic rings. The van der Waals surface area contributed by atoms with Gasteiger partial charge in [0.2, 0.25) is 5.79 Å². The minimum Gasteiger partial charge on any atom is -0.249 e. The van der Waals surface area contributed by atoms with Crippen LogP contribution in [0.4, 0.5) is 0 Å². The molecule has 0 saturated carbocycles. The minimum absolute atomic E-state index is 0.196. The van der Waals surface area contributed by atoms with E-state index in [-0.39, 0.29) is 26.1 Å². The largest absolute Gasteiger partial charge is 0.249 e. The second-order valence-corrected chi connectivity index (χ2v) is 2.24. The van der Waals surface area contributed by atoms with Crippen LogP contribution >= 0.6 is 0 Å². The van der Waals surface area contributed by atoms with Crippen molar-refractivity contribution in [3.05, 3.63) is 0 Å². The van der Waals surface area contributed by atoms with Crippen molar-refractivity contribution >= 4 is 0 Å². The molecule has 1 saturated heterocycles. The lowest BCUT2D eigenvalue weighted by Crippen LogP contribution is -2.35. The van der Waals surface area contributed by atoms with E-state index in [0.717, 1.165) is 0 Å². The van der Waals surface area contributed by atoms with Crippen LogP contribution in [0.3, 0.4) is 0 Å². The number of hydrogen-bond donors (Lipinski definition) is 2. The molecule has 0 spiro atoms. The van der Waals surface area contributed by atoms with Crippen molar-refractivity contribution in [1.29, 1.82) is 0 Å². The van der Waals surface area contributed by atoms with Crippen molar-refractivity contribution in [2.45, 2.75) is 18.6 Å². The van der Waals surface area contributed by atoms with Crippen molar-refractivity contribution < 1.29 is 30.1 Å². The summed E-state index contributed by atoms with van der Waals surface area (Å²) in [4.78, 5) is 17.1. The lowest BCUT2D eigenvalue weighted by atomic mass is 10.1. The maximum Gasteiger partial charge on any atom is 0.238 e. The smallest absolute Gasteiger partial charge is 0.238 e. The van der Waals surface area contributed by atoms with Crippen LogP contribution < -0.4 is 0 Å². The summed E-state index contributed by atoms with van der Waals surface area (Å²) in [5.41, 5.74) is 0. The van der Waals surface area contributed by atoms with E-state index in [1.165, 1.54) is 0 Å². The lowest BCUT2D eigenvalue weighted by molar-refractivity contribution is -0.488. The molecule has 6 heteroatoms. The third kappa shape index (κ3) is 2.09. The van der Waals surface area contributed by atoms with Crippen molar-refractivity contribution in [3.63, 3.8) is 0 Å². The summed E-state index contributed by atoms with van der Waals surface area (Å²) in [5.74, 6) is -1.39. The molecule has 2 N–H and O–H groups in total. The summed E-state index contributed by atoms with van der Waals surface area (Å²) in [6, 6.07) is 0. The molecule has 1 fully saturated rings. The maximum absolute atomic E-state index is 8.37. The van der Waals surface area contributed by atoms with Gasteiger partial charge in [0.15, 0.2) is 0 Å². The molecule has 6 nitrogen and oxygen atoms in total. The second kappa shape index (κ2) is 3.96. The fourth-order valence-electron chi connectivity index (χ4n) is 0.836. The summed E-state index contributed by atoms with van der Waals surface area (Å²) in [6.07, 6.45) is 0.417. The Balaban J connectivity index is 2.49. The Morgan fingerprint density at radius 3 is 1.82 bits per heavy atom. The van der Waals surface area contributed by atoms with E-state index in [1.807, 2.05) is 0 Å². The Labute approximate surface area is 63.0 Å². The predicted octanol–water partition coefficient (Wildman–Crippen LogP) is 0.404. The summed E-state index contributed by atoms with van der Waals surface area (Å²) >= 11 is 0. The molecule has 11 heavy (non-hydrogen) atoms. The average Bonchev–Trinajstić information content (AvgIpc) is 2.30. The molecule has 0 unspecified atom stereocenters. The zero-order valence-electron chi connectivity index (χ0n) is 5.86. The highest BCUT2D eigenvalue weighted by Crippen LogP contribution is 2.22. The van der Waals surface area contributed by atoms with E-state index in [0.29, 0.717) is 0 Å². The van der Waals surface area contributed by atoms with E-state index in [1.54, 1.807) is 0 Å². The SMILES string of the molecule is OOC1(OO)CCOOCC1. The van der Waals surface area contributed by atoms with Crippen LogP contribution in [0, 0.1) is 0 Å². The molecule has 1 heterocycles. The molecule has 0 aliphatic carbocycles. The van der Waals surface area contributed by atoms with Gasteiger partial charge in [0.1, 0.15) is 0 Å². The van der Waals surface area contributed by atoms with Crippen LogP contribution in [-0.2, 0) is 19.6 Å². The third-order valence-electron chi connectivity index (χ3n) is 1.55. The van der Waals surface area contributed by atoms with E-state index in [9.17, 15) is 0 Å². The van der Waals surface area contributed by atoms with Gasteiger partial charge in [-0.25, -0.2) is 30.1 Å². The minimum atomic E-state index is -1.39. The van der Waals surface area contributed by atoms with Crippen molar-refractivity contribution in [3.8, 4) is 0 Å². The summed E-state index contributed by atoms with van der Waals surface area (Å²) in [6.45, 7) is 0.391. The van der Waals surface area contributed by atoms with Gasteiger partial charge in [-0.1, -0.05) is 0 Å². The van der Waals surface area contributed by atoms with Crippen LogP contribution in [0.2, 0.25) is 0 Å². The van der Waals surface area contributed by atoms with Gasteiger partial charge in [0.25, 0.3) is 0 Å². The number of rotatable bonds is 2. The summed E-state index contributed by atoms with van der Waals surface area (Å²) < 4.78 is 0. The lowest BCUT2D eigenvalue weighted by Gasteiger charge is -2.22. The third-order valence-corrected chi connectivity index (χ3v) is 1.55. The van der Waals surface area contributed by atoms with Gasteiger partial charge in [-0.05, 0) is 0 Å². The molecule has 66 valence electrons. The average molecular weight is 166 g/mol.